The zero-order valence-electron chi connectivity index (χ0n) is 16.5. The number of hydrogen-bond acceptors (Lipinski definition) is 7. The van der Waals surface area contributed by atoms with Crippen LogP contribution in [-0.2, 0) is 9.53 Å². The Morgan fingerprint density at radius 2 is 2.00 bits per heavy atom. The van der Waals surface area contributed by atoms with Gasteiger partial charge in [-0.3, -0.25) is 19.5 Å². The number of aromatic nitrogens is 2. The fraction of sp³-hybridized carbons (Fsp3) is 0.350. The molecule has 1 atom stereocenters. The van der Waals surface area contributed by atoms with Gasteiger partial charge in [0.25, 0.3) is 12.4 Å². The number of hydrogen-bond donors (Lipinski definition) is 2. The third kappa shape index (κ3) is 4.02. The van der Waals surface area contributed by atoms with Gasteiger partial charge in [0.15, 0.2) is 0 Å². The predicted octanol–water partition coefficient (Wildman–Crippen LogP) is 1.48. The summed E-state index contributed by atoms with van der Waals surface area (Å²) in [6, 6.07) is 7.24. The average Bonchev–Trinajstić information content (AvgIpc) is 3.10. The number of carboxylic acid groups (broad SMARTS) is 1. The molecule has 3 N–H and O–H groups in total. The van der Waals surface area contributed by atoms with Crippen LogP contribution in [0.1, 0.15) is 23.7 Å². The molecule has 0 aliphatic carbocycles. The van der Waals surface area contributed by atoms with E-state index >= 15 is 0 Å². The third-order valence-corrected chi connectivity index (χ3v) is 5.36. The SMILES string of the molecule is CCC12COC(=O)N1CCN(C(=O)c1ccc(-c3cncc(N)n3)cc1)C2.O=CO. The number of carbonyl (C=O) groups is 3. The number of fused-ring (bicyclic) bond motifs is 1. The van der Waals surface area contributed by atoms with Gasteiger partial charge in [-0.25, -0.2) is 9.78 Å². The molecule has 2 aliphatic rings. The van der Waals surface area contributed by atoms with Crippen molar-refractivity contribution in [3.63, 3.8) is 0 Å². The first-order valence-corrected chi connectivity index (χ1v) is 9.43. The molecule has 2 saturated heterocycles. The van der Waals surface area contributed by atoms with Crippen LogP contribution in [0, 0.1) is 0 Å². The van der Waals surface area contributed by atoms with Crippen molar-refractivity contribution >= 4 is 24.3 Å². The first kappa shape index (κ1) is 21.0. The van der Waals surface area contributed by atoms with E-state index in [2.05, 4.69) is 9.97 Å². The van der Waals surface area contributed by atoms with Crippen molar-refractivity contribution < 1.29 is 24.2 Å². The molecule has 0 spiro atoms. The summed E-state index contributed by atoms with van der Waals surface area (Å²) >= 11 is 0. The van der Waals surface area contributed by atoms with E-state index in [9.17, 15) is 9.59 Å². The topological polar surface area (TPSA) is 139 Å². The van der Waals surface area contributed by atoms with Crippen molar-refractivity contribution in [3.8, 4) is 11.3 Å². The highest BCUT2D eigenvalue weighted by molar-refractivity contribution is 5.95. The van der Waals surface area contributed by atoms with Crippen LogP contribution in [0.5, 0.6) is 0 Å². The Morgan fingerprint density at radius 3 is 2.63 bits per heavy atom. The Morgan fingerprint density at radius 1 is 1.30 bits per heavy atom. The van der Waals surface area contributed by atoms with Crippen LogP contribution in [0.15, 0.2) is 36.7 Å². The minimum absolute atomic E-state index is 0.0490. The first-order valence-electron chi connectivity index (χ1n) is 9.43. The highest BCUT2D eigenvalue weighted by Crippen LogP contribution is 2.32. The molecule has 2 amide bonds. The number of ether oxygens (including phenoxy) is 1. The number of benzene rings is 1. The van der Waals surface area contributed by atoms with E-state index in [0.717, 1.165) is 12.0 Å². The normalized spacial score (nSPS) is 20.0. The number of rotatable bonds is 3. The van der Waals surface area contributed by atoms with E-state index in [-0.39, 0.29) is 18.5 Å². The second-order valence-electron chi connectivity index (χ2n) is 7.02. The van der Waals surface area contributed by atoms with Crippen molar-refractivity contribution in [2.24, 2.45) is 0 Å². The van der Waals surface area contributed by atoms with E-state index in [1.165, 1.54) is 6.20 Å². The zero-order valence-corrected chi connectivity index (χ0v) is 16.5. The summed E-state index contributed by atoms with van der Waals surface area (Å²) in [5.41, 5.74) is 7.36. The largest absolute Gasteiger partial charge is 0.483 e. The molecule has 3 heterocycles. The van der Waals surface area contributed by atoms with E-state index in [1.807, 2.05) is 19.1 Å². The second-order valence-corrected chi connectivity index (χ2v) is 7.02. The molecule has 158 valence electrons. The highest BCUT2D eigenvalue weighted by Gasteiger charge is 2.50. The molecule has 1 aromatic carbocycles. The average molecular weight is 413 g/mol. The van der Waals surface area contributed by atoms with Crippen LogP contribution in [0.3, 0.4) is 0 Å². The molecule has 1 aromatic heterocycles. The number of carbonyl (C=O) groups excluding carboxylic acids is 2. The van der Waals surface area contributed by atoms with Crippen LogP contribution >= 0.6 is 0 Å². The quantitative estimate of drug-likeness (QED) is 0.722. The molecule has 2 fully saturated rings. The van der Waals surface area contributed by atoms with Gasteiger partial charge >= 0.3 is 6.09 Å². The van der Waals surface area contributed by atoms with Crippen molar-refractivity contribution in [1.82, 2.24) is 19.8 Å². The van der Waals surface area contributed by atoms with Gasteiger partial charge in [-0.1, -0.05) is 19.1 Å². The smallest absolute Gasteiger partial charge is 0.410 e. The summed E-state index contributed by atoms with van der Waals surface area (Å²) in [4.78, 5) is 45.1. The lowest BCUT2D eigenvalue weighted by Gasteiger charge is -2.44. The summed E-state index contributed by atoms with van der Waals surface area (Å²) < 4.78 is 5.23. The van der Waals surface area contributed by atoms with Gasteiger partial charge in [-0.15, -0.1) is 0 Å². The molecule has 10 nitrogen and oxygen atoms in total. The number of nitrogens with zero attached hydrogens (tertiary/aromatic N) is 4. The molecule has 0 bridgehead atoms. The number of cyclic esters (lactones) is 1. The molecule has 10 heteroatoms. The molecule has 4 rings (SSSR count). The third-order valence-electron chi connectivity index (χ3n) is 5.36. The van der Waals surface area contributed by atoms with Crippen LogP contribution in [-0.4, -0.2) is 75.1 Å². The standard InChI is InChI=1S/C19H21N5O3.CH2O2/c1-2-19-11-23(7-8-24(19)18(26)27-12-19)17(25)14-5-3-13(4-6-14)15-9-21-10-16(20)22-15;2-1-3/h3-6,9-10H,2,7-8,11-12H2,1H3,(H2,20,22);1H,(H,2,3). The molecule has 1 unspecified atom stereocenters. The molecule has 2 aliphatic heterocycles. The second kappa shape index (κ2) is 8.76. The summed E-state index contributed by atoms with van der Waals surface area (Å²) in [6.07, 6.45) is 3.59. The minimum atomic E-state index is -0.415. The Balaban J connectivity index is 0.000000806. The van der Waals surface area contributed by atoms with Gasteiger partial charge in [0, 0.05) is 30.8 Å². The summed E-state index contributed by atoms with van der Waals surface area (Å²) in [5, 5.41) is 6.89. The van der Waals surface area contributed by atoms with Gasteiger partial charge in [-0.05, 0) is 18.6 Å². The van der Waals surface area contributed by atoms with Crippen molar-refractivity contribution in [2.75, 3.05) is 32.0 Å². The fourth-order valence-electron chi connectivity index (χ4n) is 3.72. The van der Waals surface area contributed by atoms with E-state index in [1.54, 1.807) is 28.1 Å². The Hall–Kier alpha value is -3.69. The number of anilines is 1. The number of nitrogens with two attached hydrogens (primary N) is 1. The van der Waals surface area contributed by atoms with Gasteiger partial charge in [0.05, 0.1) is 23.6 Å². The van der Waals surface area contributed by atoms with Gasteiger partial charge in [0.1, 0.15) is 12.4 Å². The number of piperazine rings is 1. The fourth-order valence-corrected chi connectivity index (χ4v) is 3.72. The van der Waals surface area contributed by atoms with Crippen molar-refractivity contribution in [1.29, 1.82) is 0 Å². The van der Waals surface area contributed by atoms with E-state index in [4.69, 9.17) is 20.4 Å². The monoisotopic (exact) mass is 413 g/mol. The molecule has 0 saturated carbocycles. The van der Waals surface area contributed by atoms with Crippen LogP contribution in [0.4, 0.5) is 10.6 Å². The summed E-state index contributed by atoms with van der Waals surface area (Å²) in [7, 11) is 0. The summed E-state index contributed by atoms with van der Waals surface area (Å²) in [6.45, 7) is 3.58. The van der Waals surface area contributed by atoms with Gasteiger partial charge < -0.3 is 20.5 Å². The van der Waals surface area contributed by atoms with Gasteiger partial charge in [0.2, 0.25) is 0 Å². The van der Waals surface area contributed by atoms with Crippen LogP contribution < -0.4 is 5.73 Å². The minimum Gasteiger partial charge on any atom is -0.483 e. The maximum atomic E-state index is 13.0. The zero-order chi connectivity index (χ0) is 21.7. The van der Waals surface area contributed by atoms with E-state index < -0.39 is 5.54 Å². The Bertz CT molecular complexity index is 935. The molecular weight excluding hydrogens is 390 g/mol. The lowest BCUT2D eigenvalue weighted by Crippen LogP contribution is -2.62. The van der Waals surface area contributed by atoms with Crippen LogP contribution in [0.2, 0.25) is 0 Å². The first-order chi connectivity index (χ1) is 14.4. The number of amides is 2. The van der Waals surface area contributed by atoms with Crippen molar-refractivity contribution in [2.45, 2.75) is 18.9 Å². The maximum Gasteiger partial charge on any atom is 0.410 e. The van der Waals surface area contributed by atoms with Crippen molar-refractivity contribution in [3.05, 3.63) is 42.2 Å². The Labute approximate surface area is 173 Å². The summed E-state index contributed by atoms with van der Waals surface area (Å²) in [5.74, 6) is 0.302. The Kier molecular flexibility index (Phi) is 6.14. The predicted molar refractivity (Wildman–Crippen MR) is 108 cm³/mol. The highest BCUT2D eigenvalue weighted by atomic mass is 16.6. The molecule has 30 heavy (non-hydrogen) atoms. The lowest BCUT2D eigenvalue weighted by molar-refractivity contribution is -0.122. The van der Waals surface area contributed by atoms with Crippen LogP contribution in [0.25, 0.3) is 11.3 Å². The van der Waals surface area contributed by atoms with Gasteiger partial charge in [-0.2, -0.15) is 0 Å². The molecule has 0 radical (unpaired) electrons. The molecular formula is C20H23N5O5. The number of nitrogen functional groups attached to an aromatic ring is 1. The molecule has 2 aromatic rings. The maximum absolute atomic E-state index is 13.0. The van der Waals surface area contributed by atoms with E-state index in [0.29, 0.717) is 43.3 Å². The lowest BCUT2D eigenvalue weighted by atomic mass is 9.92.